The molecule has 1 aliphatic carbocycles. The van der Waals surface area contributed by atoms with Gasteiger partial charge in [0.2, 0.25) is 23.6 Å². The van der Waals surface area contributed by atoms with Crippen LogP contribution < -0.4 is 21.3 Å². The van der Waals surface area contributed by atoms with E-state index in [2.05, 4.69) is 33.4 Å². The van der Waals surface area contributed by atoms with Crippen molar-refractivity contribution >= 4 is 52.3 Å². The molecule has 1 aliphatic heterocycles. The zero-order chi connectivity index (χ0) is 41.8. The summed E-state index contributed by atoms with van der Waals surface area (Å²) in [7, 11) is 0. The molecule has 0 radical (unpaired) electrons. The summed E-state index contributed by atoms with van der Waals surface area (Å²) in [5, 5.41) is 14.3. The molecule has 4 N–H and O–H groups in total. The second-order valence-corrected chi connectivity index (χ2v) is 18.2. The summed E-state index contributed by atoms with van der Waals surface area (Å²) in [5.74, 6) is -0.502. The number of likely N-dealkylation sites (tertiary alicyclic amines) is 1. The molecule has 0 bridgehead atoms. The number of fused-ring (bicyclic) bond motifs is 1. The quantitative estimate of drug-likeness (QED) is 0.111. The molecule has 4 atom stereocenters. The lowest BCUT2D eigenvalue weighted by atomic mass is 9.74. The largest absolute Gasteiger partial charge is 0.444 e. The van der Waals surface area contributed by atoms with Crippen LogP contribution >= 0.6 is 11.8 Å². The van der Waals surface area contributed by atoms with E-state index in [1.807, 2.05) is 94.6 Å². The second kappa shape index (κ2) is 20.4. The number of rotatable bonds is 17. The van der Waals surface area contributed by atoms with E-state index in [-0.39, 0.29) is 36.2 Å². The first kappa shape index (κ1) is 44.5. The Morgan fingerprint density at radius 2 is 1.62 bits per heavy atom. The van der Waals surface area contributed by atoms with Gasteiger partial charge in [-0.2, -0.15) is 0 Å². The minimum Gasteiger partial charge on any atom is -0.444 e. The fraction of sp³-hybridized carbons (Fsp3) is 0.543. The summed E-state index contributed by atoms with van der Waals surface area (Å²) in [6.45, 7) is 9.11. The van der Waals surface area contributed by atoms with Gasteiger partial charge in [-0.15, -0.1) is 11.8 Å². The number of hydrogen-bond acceptors (Lipinski definition) is 7. The maximum Gasteiger partial charge on any atom is 0.407 e. The molecule has 0 aromatic heterocycles. The van der Waals surface area contributed by atoms with Gasteiger partial charge in [0, 0.05) is 45.1 Å². The molecule has 3 unspecified atom stereocenters. The minimum atomic E-state index is -0.849. The lowest BCUT2D eigenvalue weighted by Gasteiger charge is -2.43. The van der Waals surface area contributed by atoms with Crippen molar-refractivity contribution < 1.29 is 28.7 Å². The third-order valence-corrected chi connectivity index (χ3v) is 12.7. The summed E-state index contributed by atoms with van der Waals surface area (Å²) in [6.07, 6.45) is 7.88. The van der Waals surface area contributed by atoms with E-state index in [0.29, 0.717) is 77.4 Å². The molecule has 1 saturated heterocycles. The summed E-state index contributed by atoms with van der Waals surface area (Å²) in [5.41, 5.74) is 0.633. The summed E-state index contributed by atoms with van der Waals surface area (Å²) in [4.78, 5) is 69.7. The molecule has 3 aromatic carbocycles. The topological polar surface area (TPSA) is 146 Å². The number of carbonyl (C=O) groups excluding carboxylic acids is 5. The highest BCUT2D eigenvalue weighted by Gasteiger charge is 2.48. The number of hydrogen-bond donors (Lipinski definition) is 4. The normalized spacial score (nSPS) is 21.2. The first-order valence-corrected chi connectivity index (χ1v) is 22.2. The third-order valence-electron chi connectivity index (χ3n) is 11.3. The average molecular weight is 814 g/mol. The molecule has 58 heavy (non-hydrogen) atoms. The molecule has 12 heteroatoms. The van der Waals surface area contributed by atoms with Gasteiger partial charge >= 0.3 is 6.09 Å². The van der Waals surface area contributed by atoms with Crippen molar-refractivity contribution in [1.29, 1.82) is 0 Å². The van der Waals surface area contributed by atoms with Gasteiger partial charge in [-0.05, 0) is 107 Å². The van der Waals surface area contributed by atoms with Gasteiger partial charge in [0.15, 0.2) is 0 Å². The van der Waals surface area contributed by atoms with Crippen molar-refractivity contribution in [2.24, 2.45) is 5.41 Å². The van der Waals surface area contributed by atoms with Gasteiger partial charge < -0.3 is 30.9 Å². The maximum absolute atomic E-state index is 14.8. The van der Waals surface area contributed by atoms with Crippen LogP contribution in [0.25, 0.3) is 10.8 Å². The van der Waals surface area contributed by atoms with Crippen molar-refractivity contribution in [1.82, 2.24) is 26.2 Å². The fourth-order valence-corrected chi connectivity index (χ4v) is 9.32. The molecule has 5 rings (SSSR count). The third kappa shape index (κ3) is 12.2. The van der Waals surface area contributed by atoms with Crippen molar-refractivity contribution in [3.8, 4) is 0 Å². The highest BCUT2D eigenvalue weighted by atomic mass is 32.2. The standard InChI is InChI=1S/C46H63N5O6S/c1-6-47-41(54)45(30-33-16-9-7-10-17-33)24-15-27-51(32-45)40(53)38(29-34-21-22-35-18-12-13-19-36(35)28-34)50-42(55)46(58-5)25-23-37(31-46)49-39(52)20-11-8-14-26-48-43(56)57-44(2,3)4/h7,9-10,12-13,16-19,21-22,28,37-38H,6,8,11,14-15,20,23-27,29-32H2,1-5H3,(H,47,54)(H,48,56)(H,49,52)(H,50,55)/t37?,38?,45-,46?/m0/s1. The van der Waals surface area contributed by atoms with Gasteiger partial charge in [0.1, 0.15) is 11.6 Å². The smallest absolute Gasteiger partial charge is 0.407 e. The van der Waals surface area contributed by atoms with E-state index in [0.717, 1.165) is 34.7 Å². The predicted octanol–water partition coefficient (Wildman–Crippen LogP) is 6.71. The molecule has 0 spiro atoms. The zero-order valence-electron chi connectivity index (χ0n) is 35.0. The Hall–Kier alpha value is -4.58. The molecule has 11 nitrogen and oxygen atoms in total. The number of nitrogens with zero attached hydrogens (tertiary/aromatic N) is 1. The van der Waals surface area contributed by atoms with Crippen LogP contribution in [-0.2, 0) is 36.8 Å². The highest BCUT2D eigenvalue weighted by Crippen LogP contribution is 2.41. The summed E-state index contributed by atoms with van der Waals surface area (Å²) in [6, 6.07) is 23.2. The van der Waals surface area contributed by atoms with Crippen molar-refractivity contribution in [3.63, 3.8) is 0 Å². The lowest BCUT2D eigenvalue weighted by molar-refractivity contribution is -0.144. The Balaban J connectivity index is 1.25. The van der Waals surface area contributed by atoms with Crippen molar-refractivity contribution in [2.45, 2.75) is 121 Å². The van der Waals surface area contributed by atoms with Crippen LogP contribution in [0.15, 0.2) is 72.8 Å². The number of amides is 5. The van der Waals surface area contributed by atoms with Gasteiger partial charge in [0.05, 0.1) is 10.2 Å². The number of nitrogens with one attached hydrogen (secondary N) is 4. The number of unbranched alkanes of at least 4 members (excludes halogenated alkanes) is 2. The van der Waals surface area contributed by atoms with Crippen LogP contribution in [0.1, 0.15) is 96.6 Å². The van der Waals surface area contributed by atoms with Crippen LogP contribution in [0.5, 0.6) is 0 Å². The van der Waals surface area contributed by atoms with Crippen LogP contribution in [0.4, 0.5) is 4.79 Å². The van der Waals surface area contributed by atoms with Gasteiger partial charge in [-0.1, -0.05) is 79.2 Å². The molecule has 2 fully saturated rings. The Kier molecular flexibility index (Phi) is 15.7. The zero-order valence-corrected chi connectivity index (χ0v) is 35.8. The van der Waals surface area contributed by atoms with Crippen molar-refractivity contribution in [2.75, 3.05) is 32.4 Å². The summed E-state index contributed by atoms with van der Waals surface area (Å²) < 4.78 is 4.45. The maximum atomic E-state index is 14.8. The van der Waals surface area contributed by atoms with Gasteiger partial charge in [0.25, 0.3) is 0 Å². The van der Waals surface area contributed by atoms with Gasteiger partial charge in [-0.25, -0.2) is 4.79 Å². The number of benzene rings is 3. The first-order valence-electron chi connectivity index (χ1n) is 21.0. The number of piperidine rings is 1. The monoisotopic (exact) mass is 813 g/mol. The second-order valence-electron chi connectivity index (χ2n) is 17.0. The first-order chi connectivity index (χ1) is 27.7. The fourth-order valence-electron chi connectivity index (χ4n) is 8.38. The number of alkyl carbamates (subject to hydrolysis) is 1. The number of thioether (sulfide) groups is 1. The molecule has 3 aromatic rings. The van der Waals surface area contributed by atoms with Crippen molar-refractivity contribution in [3.05, 3.63) is 83.9 Å². The Bertz CT molecular complexity index is 1880. The minimum absolute atomic E-state index is 0.0528. The van der Waals surface area contributed by atoms with E-state index in [4.69, 9.17) is 4.74 Å². The molecular weight excluding hydrogens is 751 g/mol. The van der Waals surface area contributed by atoms with Crippen LogP contribution in [0, 0.1) is 5.41 Å². The predicted molar refractivity (Wildman–Crippen MR) is 231 cm³/mol. The van der Waals surface area contributed by atoms with Crippen LogP contribution in [0.2, 0.25) is 0 Å². The molecule has 5 amide bonds. The summed E-state index contributed by atoms with van der Waals surface area (Å²) >= 11 is 1.47. The SMILES string of the molecule is CCNC(=O)[C@]1(Cc2ccccc2)CCCN(C(=O)C(Cc2ccc3ccccc3c2)NC(=O)C2(SC)CCC(NC(=O)CCCCCNC(=O)OC(C)(C)C)C2)C1. The molecule has 314 valence electrons. The van der Waals surface area contributed by atoms with Gasteiger partial charge in [-0.3, -0.25) is 19.2 Å². The van der Waals surface area contributed by atoms with E-state index in [9.17, 15) is 24.0 Å². The lowest BCUT2D eigenvalue weighted by Crippen LogP contribution is -2.59. The average Bonchev–Trinajstić information content (AvgIpc) is 3.62. The highest BCUT2D eigenvalue weighted by molar-refractivity contribution is 8.00. The van der Waals surface area contributed by atoms with E-state index in [1.54, 1.807) is 4.90 Å². The molecule has 2 aliphatic rings. The van der Waals surface area contributed by atoms with Crippen LogP contribution in [0.3, 0.4) is 0 Å². The number of carbonyl (C=O) groups is 5. The van der Waals surface area contributed by atoms with E-state index < -0.39 is 27.9 Å². The van der Waals surface area contributed by atoms with E-state index in [1.165, 1.54) is 11.8 Å². The van der Waals surface area contributed by atoms with Crippen LogP contribution in [-0.4, -0.2) is 89.5 Å². The Morgan fingerprint density at radius 3 is 2.34 bits per heavy atom. The molecule has 1 heterocycles. The molecule has 1 saturated carbocycles. The Labute approximate surface area is 348 Å². The Morgan fingerprint density at radius 1 is 0.879 bits per heavy atom. The number of ether oxygens (including phenoxy) is 1. The molecular formula is C46H63N5O6S. The van der Waals surface area contributed by atoms with E-state index >= 15 is 0 Å².